The third kappa shape index (κ3) is 5.87. The highest BCUT2D eigenvalue weighted by Crippen LogP contribution is 2.07. The maximum absolute atomic E-state index is 11.7. The van der Waals surface area contributed by atoms with Crippen LogP contribution in [0.2, 0.25) is 0 Å². The second kappa shape index (κ2) is 8.64. The second-order valence-electron chi connectivity index (χ2n) is 4.40. The van der Waals surface area contributed by atoms with Crippen molar-refractivity contribution in [3.05, 3.63) is 62.8 Å². The van der Waals surface area contributed by atoms with E-state index in [0.717, 1.165) is 17.3 Å². The largest absolute Gasteiger partial charge is 0.342 e. The van der Waals surface area contributed by atoms with E-state index in [1.807, 2.05) is 41.4 Å². The van der Waals surface area contributed by atoms with Gasteiger partial charge in [0, 0.05) is 6.21 Å². The number of benzene rings is 1. The summed E-state index contributed by atoms with van der Waals surface area (Å²) >= 11 is 0.958. The number of aromatic amines is 2. The first-order chi connectivity index (χ1) is 11.1. The Labute approximate surface area is 135 Å². The first-order valence-corrected chi connectivity index (χ1v) is 7.69. The lowest BCUT2D eigenvalue weighted by molar-refractivity contribution is -0.115. The van der Waals surface area contributed by atoms with Crippen LogP contribution in [0.5, 0.6) is 0 Å². The van der Waals surface area contributed by atoms with E-state index in [4.69, 9.17) is 0 Å². The number of hydrogen-bond donors (Lipinski definition) is 2. The van der Waals surface area contributed by atoms with Crippen LogP contribution >= 0.6 is 11.8 Å². The molecule has 0 spiro atoms. The van der Waals surface area contributed by atoms with Crippen molar-refractivity contribution in [3.63, 3.8) is 0 Å². The molecule has 1 heterocycles. The highest BCUT2D eigenvalue weighted by Gasteiger charge is 2.06. The first-order valence-electron chi connectivity index (χ1n) is 6.70. The number of carbonyl (C=O) groups is 1. The third-order valence-corrected chi connectivity index (χ3v) is 3.61. The number of allylic oxidation sites excluding steroid dienone is 1. The Bertz CT molecular complexity index is 824. The molecular formula is C15H14N4O3S. The molecule has 0 aliphatic carbocycles. The molecule has 0 radical (unpaired) electrons. The van der Waals surface area contributed by atoms with Gasteiger partial charge in [-0.05, 0) is 11.6 Å². The molecule has 0 aliphatic heterocycles. The van der Waals surface area contributed by atoms with E-state index < -0.39 is 11.2 Å². The van der Waals surface area contributed by atoms with E-state index >= 15 is 0 Å². The van der Waals surface area contributed by atoms with Crippen molar-refractivity contribution in [2.45, 2.75) is 5.03 Å². The van der Waals surface area contributed by atoms with Crippen LogP contribution in [0.15, 0.2) is 56.0 Å². The number of rotatable bonds is 7. The van der Waals surface area contributed by atoms with Crippen LogP contribution in [0.1, 0.15) is 5.56 Å². The van der Waals surface area contributed by atoms with Gasteiger partial charge in [-0.15, -0.1) is 0 Å². The van der Waals surface area contributed by atoms with Crippen LogP contribution in [-0.4, -0.2) is 39.5 Å². The van der Waals surface area contributed by atoms with Crippen LogP contribution in [0.25, 0.3) is 6.08 Å². The summed E-state index contributed by atoms with van der Waals surface area (Å²) in [4.78, 5) is 39.9. The Hall–Kier alpha value is -2.74. The lowest BCUT2D eigenvalue weighted by atomic mass is 10.2. The van der Waals surface area contributed by atoms with Gasteiger partial charge in [0.25, 0.3) is 5.56 Å². The molecule has 2 aromatic rings. The number of aliphatic imine (C=N–C) groups is 1. The lowest BCUT2D eigenvalue weighted by Crippen LogP contribution is -2.25. The molecule has 0 unspecified atom stereocenters. The fourth-order valence-electron chi connectivity index (χ4n) is 1.56. The number of thioether (sulfide) groups is 1. The van der Waals surface area contributed by atoms with Crippen molar-refractivity contribution in [1.82, 2.24) is 15.2 Å². The maximum Gasteiger partial charge on any atom is 0.342 e. The van der Waals surface area contributed by atoms with E-state index in [0.29, 0.717) is 0 Å². The van der Waals surface area contributed by atoms with Crippen molar-refractivity contribution in [2.75, 3.05) is 12.3 Å². The van der Waals surface area contributed by atoms with E-state index in [1.165, 1.54) is 0 Å². The minimum atomic E-state index is -0.680. The average molecular weight is 330 g/mol. The van der Waals surface area contributed by atoms with Gasteiger partial charge in [-0.25, -0.2) is 9.89 Å². The monoisotopic (exact) mass is 330 g/mol. The van der Waals surface area contributed by atoms with Gasteiger partial charge in [0.1, 0.15) is 0 Å². The number of ketones is 1. The highest BCUT2D eigenvalue weighted by molar-refractivity contribution is 7.99. The minimum Gasteiger partial charge on any atom is -0.297 e. The third-order valence-electron chi connectivity index (χ3n) is 2.60. The maximum atomic E-state index is 11.7. The Morgan fingerprint density at radius 1 is 1.26 bits per heavy atom. The van der Waals surface area contributed by atoms with E-state index in [-0.39, 0.29) is 23.1 Å². The highest BCUT2D eigenvalue weighted by atomic mass is 32.2. The summed E-state index contributed by atoms with van der Waals surface area (Å²) in [7, 11) is 0. The topological polar surface area (TPSA) is 108 Å². The standard InChI is InChI=1S/C15H14N4O3S/c20-12(10-23-14-13(21)17-15(22)19-18-14)9-16-8-4-7-11-5-2-1-3-6-11/h1-8H,9-10H2,(H2,17,19,21,22)/b7-4+,16-8?. The fraction of sp³-hybridized carbons (Fsp3) is 0.133. The van der Waals surface area contributed by atoms with E-state index in [1.54, 1.807) is 12.3 Å². The van der Waals surface area contributed by atoms with Crippen molar-refractivity contribution in [2.24, 2.45) is 4.99 Å². The first kappa shape index (κ1) is 16.6. The van der Waals surface area contributed by atoms with Gasteiger partial charge in [-0.3, -0.25) is 19.6 Å². The van der Waals surface area contributed by atoms with Gasteiger partial charge in [-0.1, -0.05) is 48.2 Å². The molecule has 23 heavy (non-hydrogen) atoms. The number of nitrogens with zero attached hydrogens (tertiary/aromatic N) is 2. The van der Waals surface area contributed by atoms with Crippen molar-refractivity contribution in [3.8, 4) is 0 Å². The molecule has 2 rings (SSSR count). The van der Waals surface area contributed by atoms with Gasteiger partial charge >= 0.3 is 5.69 Å². The normalized spacial score (nSPS) is 11.3. The lowest BCUT2D eigenvalue weighted by Gasteiger charge is -1.96. The summed E-state index contributed by atoms with van der Waals surface area (Å²) in [6.07, 6.45) is 5.19. The predicted octanol–water partition coefficient (Wildman–Crippen LogP) is 0.904. The van der Waals surface area contributed by atoms with E-state index in [9.17, 15) is 14.4 Å². The van der Waals surface area contributed by atoms with Crippen molar-refractivity contribution in [1.29, 1.82) is 0 Å². The van der Waals surface area contributed by atoms with Crippen LogP contribution in [0.3, 0.4) is 0 Å². The Morgan fingerprint density at radius 2 is 2.04 bits per heavy atom. The van der Waals surface area contributed by atoms with Gasteiger partial charge in [0.05, 0.1) is 12.3 Å². The SMILES string of the molecule is O=C(CN=C/C=C/c1ccccc1)CSc1n[nH]c(=O)[nH]c1=O. The molecule has 8 heteroatoms. The minimum absolute atomic E-state index is 0.0212. The number of Topliss-reactive ketones (excluding diaryl/α,β-unsaturated/α-hetero) is 1. The Morgan fingerprint density at radius 3 is 2.78 bits per heavy atom. The molecule has 0 fully saturated rings. The molecule has 0 saturated carbocycles. The molecule has 1 aromatic heterocycles. The number of H-pyrrole nitrogens is 2. The van der Waals surface area contributed by atoms with E-state index in [2.05, 4.69) is 15.2 Å². The smallest absolute Gasteiger partial charge is 0.297 e. The number of carbonyl (C=O) groups excluding carboxylic acids is 1. The van der Waals surface area contributed by atoms with Crippen molar-refractivity contribution < 1.29 is 4.79 Å². The zero-order valence-electron chi connectivity index (χ0n) is 12.1. The fourth-order valence-corrected chi connectivity index (χ4v) is 2.24. The molecular weight excluding hydrogens is 316 g/mol. The van der Waals surface area contributed by atoms with Crippen LogP contribution in [0, 0.1) is 0 Å². The van der Waals surface area contributed by atoms with Gasteiger partial charge in [0.15, 0.2) is 10.8 Å². The summed E-state index contributed by atoms with van der Waals surface area (Å²) < 4.78 is 0. The zero-order chi connectivity index (χ0) is 16.5. The average Bonchev–Trinajstić information content (AvgIpc) is 2.54. The summed E-state index contributed by atoms with van der Waals surface area (Å²) in [6.45, 7) is 0.0212. The molecule has 0 atom stereocenters. The predicted molar refractivity (Wildman–Crippen MR) is 90.0 cm³/mol. The molecule has 0 saturated heterocycles. The molecule has 0 amide bonds. The Balaban J connectivity index is 1.77. The quantitative estimate of drug-likeness (QED) is 0.579. The molecule has 1 aromatic carbocycles. The van der Waals surface area contributed by atoms with Crippen LogP contribution < -0.4 is 11.2 Å². The second-order valence-corrected chi connectivity index (χ2v) is 5.36. The van der Waals surface area contributed by atoms with Gasteiger partial charge in [-0.2, -0.15) is 5.10 Å². The van der Waals surface area contributed by atoms with Crippen LogP contribution in [0.4, 0.5) is 0 Å². The molecule has 0 bridgehead atoms. The number of aromatic nitrogens is 3. The molecule has 7 nitrogen and oxygen atoms in total. The number of hydrogen-bond acceptors (Lipinski definition) is 6. The summed E-state index contributed by atoms with van der Waals surface area (Å²) in [6, 6.07) is 9.72. The Kier molecular flexibility index (Phi) is 6.25. The van der Waals surface area contributed by atoms with Gasteiger partial charge in [0.2, 0.25) is 0 Å². The number of nitrogens with one attached hydrogen (secondary N) is 2. The molecule has 2 N–H and O–H groups in total. The summed E-state index contributed by atoms with van der Waals surface area (Å²) in [5.74, 6) is -0.0891. The van der Waals surface area contributed by atoms with Gasteiger partial charge < -0.3 is 0 Å². The summed E-state index contributed by atoms with van der Waals surface area (Å²) in [5.41, 5.74) is -0.245. The van der Waals surface area contributed by atoms with Crippen molar-refractivity contribution >= 4 is 29.8 Å². The molecule has 0 aliphatic rings. The van der Waals surface area contributed by atoms with Crippen LogP contribution in [-0.2, 0) is 4.79 Å². The zero-order valence-corrected chi connectivity index (χ0v) is 12.9. The summed E-state index contributed by atoms with van der Waals surface area (Å²) in [5, 5.41) is 5.73. The molecule has 118 valence electrons.